The van der Waals surface area contributed by atoms with Crippen LogP contribution in [-0.4, -0.2) is 16.5 Å². The average molecular weight is 217 g/mol. The minimum absolute atomic E-state index is 0.237. The first-order valence-electron chi connectivity index (χ1n) is 4.06. The van der Waals surface area contributed by atoms with Crippen molar-refractivity contribution in [2.75, 3.05) is 0 Å². The molecule has 1 heterocycles. The zero-order valence-electron chi connectivity index (χ0n) is 7.63. The number of aromatic nitrogens is 1. The van der Waals surface area contributed by atoms with Crippen LogP contribution in [-0.2, 0) is 11.3 Å². The predicted octanol–water partition coefficient (Wildman–Crippen LogP) is 1.54. The van der Waals surface area contributed by atoms with Gasteiger partial charge in [0.2, 0.25) is 0 Å². The number of hydrogen-bond acceptors (Lipinski definition) is 2. The Morgan fingerprint density at radius 2 is 2.43 bits per heavy atom. The molecule has 1 rings (SSSR count). The van der Waals surface area contributed by atoms with Gasteiger partial charge in [0.1, 0.15) is 0 Å². The minimum atomic E-state index is -1.99. The van der Waals surface area contributed by atoms with E-state index in [4.69, 9.17) is 11.6 Å². The first-order chi connectivity index (χ1) is 6.59. The summed E-state index contributed by atoms with van der Waals surface area (Å²) in [5.74, 6) is -0.826. The second kappa shape index (κ2) is 4.91. The number of halogens is 2. The van der Waals surface area contributed by atoms with E-state index in [1.807, 2.05) is 13.0 Å². The van der Waals surface area contributed by atoms with Crippen molar-refractivity contribution in [3.05, 3.63) is 29.6 Å². The Bertz CT molecular complexity index is 330. The first-order valence-corrected chi connectivity index (χ1v) is 4.49. The van der Waals surface area contributed by atoms with Gasteiger partial charge in [0, 0.05) is 18.9 Å². The smallest absolute Gasteiger partial charge is 0.270 e. The summed E-state index contributed by atoms with van der Waals surface area (Å²) in [7, 11) is 0. The molecule has 3 nitrogen and oxygen atoms in total. The maximum Gasteiger partial charge on any atom is 0.270 e. The Balaban J connectivity index is 2.50. The van der Waals surface area contributed by atoms with Gasteiger partial charge in [-0.3, -0.25) is 9.78 Å². The molecule has 1 amide bonds. The number of pyridine rings is 1. The molecule has 0 aliphatic carbocycles. The van der Waals surface area contributed by atoms with Crippen molar-refractivity contribution in [2.24, 2.45) is 0 Å². The maximum absolute atomic E-state index is 12.2. The number of rotatable bonds is 3. The van der Waals surface area contributed by atoms with Crippen LogP contribution in [0.4, 0.5) is 4.39 Å². The van der Waals surface area contributed by atoms with Crippen molar-refractivity contribution in [2.45, 2.75) is 19.1 Å². The van der Waals surface area contributed by atoms with Crippen molar-refractivity contribution >= 4 is 17.5 Å². The average Bonchev–Trinajstić information content (AvgIpc) is 2.14. The zero-order valence-corrected chi connectivity index (χ0v) is 8.38. The minimum Gasteiger partial charge on any atom is -0.348 e. The van der Waals surface area contributed by atoms with Gasteiger partial charge in [-0.15, -0.1) is 0 Å². The fraction of sp³-hybridized carbons (Fsp3) is 0.333. The number of alkyl halides is 2. The van der Waals surface area contributed by atoms with Crippen LogP contribution < -0.4 is 5.32 Å². The lowest BCUT2D eigenvalue weighted by atomic mass is 10.2. The number of carbonyl (C=O) groups is 1. The summed E-state index contributed by atoms with van der Waals surface area (Å²) in [6.07, 6.45) is 3.31. The Morgan fingerprint density at radius 1 is 1.71 bits per heavy atom. The molecule has 0 fully saturated rings. The summed E-state index contributed by atoms with van der Waals surface area (Å²) < 4.78 is 12.2. The third-order valence-electron chi connectivity index (χ3n) is 1.60. The van der Waals surface area contributed by atoms with Crippen molar-refractivity contribution in [3.63, 3.8) is 0 Å². The molecule has 0 saturated heterocycles. The second-order valence-electron chi connectivity index (χ2n) is 2.89. The molecule has 14 heavy (non-hydrogen) atoms. The van der Waals surface area contributed by atoms with Crippen LogP contribution in [0.3, 0.4) is 0 Å². The highest BCUT2D eigenvalue weighted by molar-refractivity contribution is 6.29. The van der Waals surface area contributed by atoms with Gasteiger partial charge < -0.3 is 5.32 Å². The van der Waals surface area contributed by atoms with Crippen LogP contribution in [0, 0.1) is 6.92 Å². The zero-order chi connectivity index (χ0) is 10.6. The molecule has 0 aliphatic heterocycles. The van der Waals surface area contributed by atoms with E-state index in [1.165, 1.54) is 0 Å². The highest BCUT2D eigenvalue weighted by Crippen LogP contribution is 2.02. The molecule has 0 bridgehead atoms. The van der Waals surface area contributed by atoms with E-state index in [-0.39, 0.29) is 6.54 Å². The molecule has 76 valence electrons. The van der Waals surface area contributed by atoms with Crippen LogP contribution >= 0.6 is 11.6 Å². The summed E-state index contributed by atoms with van der Waals surface area (Å²) in [6, 6.07) is 1.86. The number of amides is 1. The normalized spacial score (nSPS) is 12.2. The van der Waals surface area contributed by atoms with E-state index in [0.717, 1.165) is 11.1 Å². The third kappa shape index (κ3) is 3.30. The summed E-state index contributed by atoms with van der Waals surface area (Å²) in [5, 5.41) is 2.34. The van der Waals surface area contributed by atoms with Gasteiger partial charge >= 0.3 is 0 Å². The van der Waals surface area contributed by atoms with Crippen molar-refractivity contribution in [1.29, 1.82) is 0 Å². The molecule has 1 aromatic rings. The molecule has 0 radical (unpaired) electrons. The molecule has 5 heteroatoms. The fourth-order valence-corrected chi connectivity index (χ4v) is 1.06. The van der Waals surface area contributed by atoms with Gasteiger partial charge in [0.05, 0.1) is 0 Å². The number of hydrogen-bond donors (Lipinski definition) is 1. The summed E-state index contributed by atoms with van der Waals surface area (Å²) in [5.41, 5.74) is -0.192. The molecule has 0 aromatic carbocycles. The lowest BCUT2D eigenvalue weighted by Gasteiger charge is -2.04. The van der Waals surface area contributed by atoms with E-state index < -0.39 is 11.5 Å². The Hall–Kier alpha value is -1.16. The highest BCUT2D eigenvalue weighted by atomic mass is 35.5. The number of carbonyl (C=O) groups excluding carboxylic acids is 1. The Labute approximate surface area is 86.3 Å². The Kier molecular flexibility index (Phi) is 3.83. The van der Waals surface area contributed by atoms with E-state index in [2.05, 4.69) is 10.3 Å². The van der Waals surface area contributed by atoms with E-state index in [0.29, 0.717) is 0 Å². The van der Waals surface area contributed by atoms with Crippen molar-refractivity contribution in [3.8, 4) is 0 Å². The second-order valence-corrected chi connectivity index (χ2v) is 3.27. The largest absolute Gasteiger partial charge is 0.348 e. The number of aryl methyl sites for hydroxylation is 1. The van der Waals surface area contributed by atoms with Crippen LogP contribution in [0.2, 0.25) is 0 Å². The van der Waals surface area contributed by atoms with Gasteiger partial charge in [-0.2, -0.15) is 0 Å². The summed E-state index contributed by atoms with van der Waals surface area (Å²) in [4.78, 5) is 14.7. The lowest BCUT2D eigenvalue weighted by molar-refractivity contribution is -0.123. The quantitative estimate of drug-likeness (QED) is 0.779. The first kappa shape index (κ1) is 10.9. The standard InChI is InChI=1S/C9H10ClFN2O/c1-6-2-7(4-12-3-6)5-13-9(14)8(10)11/h2-4,8H,5H2,1H3,(H,13,14). The van der Waals surface area contributed by atoms with Gasteiger partial charge in [-0.1, -0.05) is 17.7 Å². The monoisotopic (exact) mass is 216 g/mol. The molecule has 1 N–H and O–H groups in total. The predicted molar refractivity (Wildman–Crippen MR) is 51.6 cm³/mol. The van der Waals surface area contributed by atoms with Crippen LogP contribution in [0.25, 0.3) is 0 Å². The molecule has 1 unspecified atom stereocenters. The summed E-state index contributed by atoms with van der Waals surface area (Å²) >= 11 is 4.93. The van der Waals surface area contributed by atoms with Crippen molar-refractivity contribution in [1.82, 2.24) is 10.3 Å². The molecule has 0 saturated carbocycles. The van der Waals surface area contributed by atoms with Crippen LogP contribution in [0.15, 0.2) is 18.5 Å². The van der Waals surface area contributed by atoms with Gasteiger partial charge in [0.15, 0.2) is 0 Å². The molecule has 1 atom stereocenters. The van der Waals surface area contributed by atoms with E-state index >= 15 is 0 Å². The molecular formula is C9H10ClFN2O. The fourth-order valence-electron chi connectivity index (χ4n) is 0.981. The maximum atomic E-state index is 12.2. The molecule has 0 aliphatic rings. The van der Waals surface area contributed by atoms with Crippen LogP contribution in [0.1, 0.15) is 11.1 Å². The highest BCUT2D eigenvalue weighted by Gasteiger charge is 2.11. The molecule has 1 aromatic heterocycles. The number of nitrogens with zero attached hydrogens (tertiary/aromatic N) is 1. The Morgan fingerprint density at radius 3 is 3.00 bits per heavy atom. The van der Waals surface area contributed by atoms with Gasteiger partial charge in [-0.05, 0) is 18.1 Å². The third-order valence-corrected chi connectivity index (χ3v) is 1.79. The number of nitrogens with one attached hydrogen (secondary N) is 1. The summed E-state index contributed by atoms with van der Waals surface area (Å²) in [6.45, 7) is 2.12. The van der Waals surface area contributed by atoms with E-state index in [1.54, 1.807) is 12.4 Å². The van der Waals surface area contributed by atoms with Gasteiger partial charge in [0.25, 0.3) is 11.5 Å². The van der Waals surface area contributed by atoms with Crippen LogP contribution in [0.5, 0.6) is 0 Å². The molecular weight excluding hydrogens is 207 g/mol. The lowest BCUT2D eigenvalue weighted by Crippen LogP contribution is -2.28. The van der Waals surface area contributed by atoms with E-state index in [9.17, 15) is 9.18 Å². The van der Waals surface area contributed by atoms with Gasteiger partial charge in [-0.25, -0.2) is 4.39 Å². The SMILES string of the molecule is Cc1cncc(CNC(=O)C(F)Cl)c1. The van der Waals surface area contributed by atoms with Crippen molar-refractivity contribution < 1.29 is 9.18 Å². The molecule has 0 spiro atoms. The topological polar surface area (TPSA) is 42.0 Å².